The molecular formula is C56H31N5+2. The summed E-state index contributed by atoms with van der Waals surface area (Å²) in [5.41, 5.74) is 18.3. The van der Waals surface area contributed by atoms with Crippen molar-refractivity contribution in [1.29, 1.82) is 0 Å². The standard InChI is InChI=1S/C56H31N5/c1-2-12-32(13-3-1)61-46-21-11-7-17-36(46)39-30-40-38-23-25-44-52-50(38)54-58(47(40)31-48(39)61)27-29-60(54)56(52)51-43(55(44)41-18-8-4-14-33(41)34-15-5-9-19-42(34)55)24-22-37-35-16-6-10-20-45(35)57-26-28-59(56)53(57)49(37)51/h1-31H/q+2. The highest BCUT2D eigenvalue weighted by atomic mass is 15.4. The SMILES string of the molecule is c1ccc(-n2c3ccccc3c3cc4c5ccc6c7c5c5n(cc[n+]5C75c7c(ccc8c9ccccc9n9cc[n+]5c9c78)C65c6ccccc6-c6ccccc65)c4cc32)cc1. The Morgan fingerprint density at radius 1 is 0.377 bits per heavy atom. The van der Waals surface area contributed by atoms with Gasteiger partial charge in [-0.2, -0.15) is 17.9 Å². The van der Waals surface area contributed by atoms with Crippen molar-refractivity contribution >= 4 is 76.5 Å². The average Bonchev–Trinajstić information content (AvgIpc) is 4.17. The highest BCUT2D eigenvalue weighted by Gasteiger charge is 2.69. The van der Waals surface area contributed by atoms with Crippen molar-refractivity contribution in [2.45, 2.75) is 11.1 Å². The average molecular weight is 774 g/mol. The summed E-state index contributed by atoms with van der Waals surface area (Å²) in [5, 5.41) is 10.4. The second-order valence-electron chi connectivity index (χ2n) is 17.7. The fourth-order valence-electron chi connectivity index (χ4n) is 13.5. The van der Waals surface area contributed by atoms with Crippen LogP contribution in [0.2, 0.25) is 0 Å². The summed E-state index contributed by atoms with van der Waals surface area (Å²) in [4.78, 5) is 0. The Morgan fingerprint density at radius 2 is 0.902 bits per heavy atom. The van der Waals surface area contributed by atoms with E-state index in [1.807, 2.05) is 0 Å². The normalized spacial score (nSPS) is 17.0. The van der Waals surface area contributed by atoms with Crippen LogP contribution in [0.5, 0.6) is 0 Å². The van der Waals surface area contributed by atoms with Gasteiger partial charge in [0.2, 0.25) is 0 Å². The number of benzene rings is 8. The Kier molecular flexibility index (Phi) is 4.71. The summed E-state index contributed by atoms with van der Waals surface area (Å²) in [7, 11) is 0. The van der Waals surface area contributed by atoms with E-state index in [1.54, 1.807) is 0 Å². The first-order valence-corrected chi connectivity index (χ1v) is 21.4. The molecule has 7 heterocycles. The zero-order chi connectivity index (χ0) is 39.1. The van der Waals surface area contributed by atoms with E-state index >= 15 is 0 Å². The number of nitrogens with zero attached hydrogens (tertiary/aromatic N) is 5. The topological polar surface area (TPSA) is 21.5 Å². The lowest BCUT2D eigenvalue weighted by atomic mass is 9.58. The number of aromatic nitrogens is 5. The highest BCUT2D eigenvalue weighted by molar-refractivity contribution is 6.22. The molecule has 0 radical (unpaired) electrons. The van der Waals surface area contributed by atoms with E-state index in [9.17, 15) is 0 Å². The predicted octanol–water partition coefficient (Wildman–Crippen LogP) is 11.1. The number of fused-ring (bicyclic) bond motifs is 16. The molecular weight excluding hydrogens is 743 g/mol. The van der Waals surface area contributed by atoms with Crippen molar-refractivity contribution in [1.82, 2.24) is 13.4 Å². The molecule has 61 heavy (non-hydrogen) atoms. The minimum Gasteiger partial charge on any atom is -0.309 e. The Balaban J connectivity index is 1.13. The third-order valence-electron chi connectivity index (χ3n) is 15.5. The molecule has 5 aromatic heterocycles. The maximum absolute atomic E-state index is 2.65. The molecule has 4 aliphatic rings. The third-order valence-corrected chi connectivity index (χ3v) is 15.5. The van der Waals surface area contributed by atoms with Gasteiger partial charge in [0.25, 0.3) is 11.3 Å². The first-order chi connectivity index (χ1) is 30.3. The van der Waals surface area contributed by atoms with Crippen molar-refractivity contribution in [2.75, 3.05) is 0 Å². The third kappa shape index (κ3) is 2.89. The number of para-hydroxylation sites is 3. The minimum absolute atomic E-state index is 0.514. The number of hydrogen-bond acceptors (Lipinski definition) is 0. The predicted molar refractivity (Wildman–Crippen MR) is 242 cm³/mol. The van der Waals surface area contributed by atoms with Gasteiger partial charge in [-0.3, -0.25) is 0 Å². The molecule has 2 aliphatic heterocycles. The maximum Gasteiger partial charge on any atom is 0.308 e. The molecule has 0 fully saturated rings. The zero-order valence-corrected chi connectivity index (χ0v) is 32.6. The second kappa shape index (κ2) is 9.54. The van der Waals surface area contributed by atoms with Crippen LogP contribution in [0, 0.1) is 0 Å². The van der Waals surface area contributed by atoms with E-state index in [2.05, 4.69) is 211 Å². The Bertz CT molecular complexity index is 4250. The molecule has 0 amide bonds. The van der Waals surface area contributed by atoms with Gasteiger partial charge in [-0.15, -0.1) is 0 Å². The second-order valence-corrected chi connectivity index (χ2v) is 17.7. The van der Waals surface area contributed by atoms with Gasteiger partial charge in [0.15, 0.2) is 0 Å². The van der Waals surface area contributed by atoms with Gasteiger partial charge in [0.1, 0.15) is 35.8 Å². The van der Waals surface area contributed by atoms with Crippen LogP contribution in [0.15, 0.2) is 189 Å². The fraction of sp³-hybridized carbons (Fsp3) is 0.0357. The van der Waals surface area contributed by atoms with Gasteiger partial charge in [-0.25, -0.2) is 0 Å². The first-order valence-electron chi connectivity index (χ1n) is 21.4. The monoisotopic (exact) mass is 773 g/mol. The van der Waals surface area contributed by atoms with E-state index in [-0.39, 0.29) is 0 Å². The molecule has 1 unspecified atom stereocenters. The first kappa shape index (κ1) is 30.1. The molecule has 5 nitrogen and oxygen atoms in total. The van der Waals surface area contributed by atoms with Crippen molar-refractivity contribution < 1.29 is 9.13 Å². The number of rotatable bonds is 1. The number of pyridine rings is 2. The smallest absolute Gasteiger partial charge is 0.308 e. The van der Waals surface area contributed by atoms with Crippen LogP contribution in [-0.4, -0.2) is 13.4 Å². The summed E-state index contributed by atoms with van der Waals surface area (Å²) in [6.07, 6.45) is 9.39. The minimum atomic E-state index is -0.643. The lowest BCUT2D eigenvalue weighted by Crippen LogP contribution is -2.72. The molecule has 2 aliphatic carbocycles. The van der Waals surface area contributed by atoms with E-state index in [0.717, 1.165) is 0 Å². The molecule has 0 bridgehead atoms. The van der Waals surface area contributed by atoms with Gasteiger partial charge in [-0.05, 0) is 63.7 Å². The summed E-state index contributed by atoms with van der Waals surface area (Å²) < 4.78 is 12.7. The Hall–Kier alpha value is -8.02. The van der Waals surface area contributed by atoms with E-state index in [0.29, 0.717) is 0 Å². The summed E-state index contributed by atoms with van der Waals surface area (Å²) in [6, 6.07) is 62.0. The van der Waals surface area contributed by atoms with Gasteiger partial charge in [-0.1, -0.05) is 127 Å². The Labute approximate surface area is 347 Å². The van der Waals surface area contributed by atoms with E-state index < -0.39 is 11.1 Å². The summed E-state index contributed by atoms with van der Waals surface area (Å²) in [6.45, 7) is 0. The van der Waals surface area contributed by atoms with Crippen molar-refractivity contribution in [3.63, 3.8) is 0 Å². The van der Waals surface area contributed by atoms with Crippen LogP contribution < -0.4 is 9.13 Å². The molecule has 0 saturated heterocycles. The molecule has 13 aromatic rings. The molecule has 5 heteroatoms. The molecule has 2 spiro atoms. The van der Waals surface area contributed by atoms with Crippen LogP contribution in [0.25, 0.3) is 93.3 Å². The molecule has 1 atom stereocenters. The van der Waals surface area contributed by atoms with Crippen LogP contribution in [-0.2, 0) is 11.1 Å². The van der Waals surface area contributed by atoms with Gasteiger partial charge >= 0.3 is 5.66 Å². The lowest BCUT2D eigenvalue weighted by Gasteiger charge is -2.43. The van der Waals surface area contributed by atoms with Gasteiger partial charge < -0.3 is 4.57 Å². The van der Waals surface area contributed by atoms with E-state index in [1.165, 1.54) is 127 Å². The fourth-order valence-corrected chi connectivity index (χ4v) is 13.5. The van der Waals surface area contributed by atoms with Crippen LogP contribution >= 0.6 is 0 Å². The van der Waals surface area contributed by atoms with Crippen molar-refractivity contribution in [3.8, 4) is 16.8 Å². The number of hydrogen-bond donors (Lipinski definition) is 0. The van der Waals surface area contributed by atoms with Crippen molar-refractivity contribution in [2.24, 2.45) is 0 Å². The highest BCUT2D eigenvalue weighted by Crippen LogP contribution is 2.65. The van der Waals surface area contributed by atoms with Crippen LogP contribution in [0.1, 0.15) is 33.4 Å². The quantitative estimate of drug-likeness (QED) is 0.117. The van der Waals surface area contributed by atoms with Crippen LogP contribution in [0.4, 0.5) is 0 Å². The van der Waals surface area contributed by atoms with Gasteiger partial charge in [0.05, 0.1) is 38.3 Å². The summed E-state index contributed by atoms with van der Waals surface area (Å²) in [5.74, 6) is 0. The van der Waals surface area contributed by atoms with E-state index in [4.69, 9.17) is 0 Å². The van der Waals surface area contributed by atoms with Crippen molar-refractivity contribution in [3.05, 3.63) is 222 Å². The maximum atomic E-state index is 2.65. The molecule has 17 rings (SSSR count). The molecule has 0 saturated carbocycles. The van der Waals surface area contributed by atoms with Gasteiger partial charge in [0, 0.05) is 44.1 Å². The molecule has 0 N–H and O–H groups in total. The molecule has 8 aromatic carbocycles. The lowest BCUT2D eigenvalue weighted by molar-refractivity contribution is -0.944. The summed E-state index contributed by atoms with van der Waals surface area (Å²) >= 11 is 0. The number of imidazole rings is 2. The largest absolute Gasteiger partial charge is 0.309 e. The zero-order valence-electron chi connectivity index (χ0n) is 32.6. The van der Waals surface area contributed by atoms with Crippen LogP contribution in [0.3, 0.4) is 0 Å². The Morgan fingerprint density at radius 3 is 1.57 bits per heavy atom. The molecule has 278 valence electrons.